The fourth-order valence-corrected chi connectivity index (χ4v) is 6.18. The molecule has 6 rings (SSSR count). The van der Waals surface area contributed by atoms with Gasteiger partial charge in [-0.15, -0.1) is 0 Å². The molecule has 0 unspecified atom stereocenters. The summed E-state index contributed by atoms with van der Waals surface area (Å²) in [4.78, 5) is 12.7. The van der Waals surface area contributed by atoms with Crippen LogP contribution in [0.25, 0.3) is 0 Å². The first-order valence-electron chi connectivity index (χ1n) is 10.0. The molecule has 0 radical (unpaired) electrons. The predicted octanol–water partition coefficient (Wildman–Crippen LogP) is 4.81. The van der Waals surface area contributed by atoms with Crippen molar-refractivity contribution in [2.75, 3.05) is 5.32 Å². The Labute approximate surface area is 168 Å². The smallest absolute Gasteiger partial charge is 0.320 e. The third-order valence-corrected chi connectivity index (χ3v) is 6.90. The first-order valence-corrected chi connectivity index (χ1v) is 10.4. The Morgan fingerprint density at radius 2 is 1.75 bits per heavy atom. The van der Waals surface area contributed by atoms with Crippen molar-refractivity contribution in [2.45, 2.75) is 50.6 Å². The summed E-state index contributed by atoms with van der Waals surface area (Å²) in [5.41, 5.74) is 0.854. The lowest BCUT2D eigenvalue weighted by Gasteiger charge is -2.56. The van der Waals surface area contributed by atoms with Gasteiger partial charge in [0, 0.05) is 11.7 Å². The number of carbonyl (C=O) groups is 1. The van der Waals surface area contributed by atoms with Gasteiger partial charge in [0.25, 0.3) is 0 Å². The van der Waals surface area contributed by atoms with Crippen molar-refractivity contribution in [1.82, 2.24) is 15.1 Å². The van der Waals surface area contributed by atoms with Crippen LogP contribution in [0.2, 0.25) is 5.02 Å². The predicted molar refractivity (Wildman–Crippen MR) is 106 cm³/mol. The van der Waals surface area contributed by atoms with E-state index in [0.717, 1.165) is 42.6 Å². The van der Waals surface area contributed by atoms with Crippen LogP contribution in [-0.2, 0) is 6.54 Å². The molecule has 28 heavy (non-hydrogen) atoms. The van der Waals surface area contributed by atoms with Crippen LogP contribution in [0.1, 0.15) is 44.1 Å². The molecule has 4 aliphatic carbocycles. The molecular weight excluding hydrogens is 379 g/mol. The minimum atomic E-state index is -0.272. The zero-order valence-corrected chi connectivity index (χ0v) is 16.4. The number of rotatable bonds is 4. The van der Waals surface area contributed by atoms with E-state index < -0.39 is 0 Å². The van der Waals surface area contributed by atoms with Crippen molar-refractivity contribution in [3.05, 3.63) is 46.9 Å². The van der Waals surface area contributed by atoms with Gasteiger partial charge < -0.3 is 5.32 Å². The molecule has 1 aromatic heterocycles. The number of halogens is 2. The largest absolute Gasteiger partial charge is 0.332 e. The molecule has 7 heteroatoms. The molecule has 0 saturated heterocycles. The van der Waals surface area contributed by atoms with Crippen LogP contribution in [0.5, 0.6) is 0 Å². The number of carbonyl (C=O) groups excluding carboxylic acids is 1. The topological polar surface area (TPSA) is 59.0 Å². The standard InChI is InChI=1S/C21H24ClFN4O/c22-18-12-27(11-13-1-3-17(23)4-2-13)26-19(18)24-20(28)25-21-8-14-5-15(9-21)7-16(6-14)10-21/h1-4,12,14-16H,5-11H2,(H2,24,25,26,28). The van der Waals surface area contributed by atoms with Gasteiger partial charge >= 0.3 is 6.03 Å². The van der Waals surface area contributed by atoms with Crippen molar-refractivity contribution >= 4 is 23.4 Å². The molecule has 0 atom stereocenters. The van der Waals surface area contributed by atoms with E-state index in [1.54, 1.807) is 23.0 Å². The lowest BCUT2D eigenvalue weighted by Crippen LogP contribution is -2.60. The van der Waals surface area contributed by atoms with Crippen molar-refractivity contribution in [3.63, 3.8) is 0 Å². The van der Waals surface area contributed by atoms with E-state index in [0.29, 0.717) is 17.4 Å². The number of urea groups is 1. The maximum absolute atomic E-state index is 13.0. The average Bonchev–Trinajstić information content (AvgIpc) is 2.94. The van der Waals surface area contributed by atoms with Gasteiger partial charge in [-0.1, -0.05) is 23.7 Å². The molecule has 2 aromatic rings. The minimum absolute atomic E-state index is 0.0536. The van der Waals surface area contributed by atoms with E-state index in [1.165, 1.54) is 31.4 Å². The third kappa shape index (κ3) is 3.50. The van der Waals surface area contributed by atoms with Crippen LogP contribution < -0.4 is 10.6 Å². The molecular formula is C21H24ClFN4O. The van der Waals surface area contributed by atoms with Crippen LogP contribution >= 0.6 is 11.6 Å². The molecule has 4 saturated carbocycles. The molecule has 4 fully saturated rings. The maximum atomic E-state index is 13.0. The van der Waals surface area contributed by atoms with Crippen LogP contribution in [0.4, 0.5) is 15.0 Å². The Kier molecular flexibility index (Phi) is 4.34. The zero-order chi connectivity index (χ0) is 19.3. The molecule has 5 nitrogen and oxygen atoms in total. The third-order valence-electron chi connectivity index (χ3n) is 6.62. The first kappa shape index (κ1) is 18.0. The number of amides is 2. The molecule has 1 aromatic carbocycles. The first-order chi connectivity index (χ1) is 13.5. The van der Waals surface area contributed by atoms with E-state index >= 15 is 0 Å². The van der Waals surface area contributed by atoms with Gasteiger partial charge in [-0.25, -0.2) is 9.18 Å². The Balaban J connectivity index is 1.24. The van der Waals surface area contributed by atoms with Gasteiger partial charge in [0.15, 0.2) is 5.82 Å². The molecule has 0 spiro atoms. The Bertz CT molecular complexity index is 859. The molecule has 0 aliphatic heterocycles. The Morgan fingerprint density at radius 1 is 1.14 bits per heavy atom. The summed E-state index contributed by atoms with van der Waals surface area (Å²) in [6, 6.07) is 6.02. The summed E-state index contributed by atoms with van der Waals surface area (Å²) in [5.74, 6) is 2.39. The van der Waals surface area contributed by atoms with E-state index in [1.807, 2.05) is 0 Å². The summed E-state index contributed by atoms with van der Waals surface area (Å²) in [6.45, 7) is 0.457. The highest BCUT2D eigenvalue weighted by atomic mass is 35.5. The number of nitrogens with one attached hydrogen (secondary N) is 2. The molecule has 1 heterocycles. The number of anilines is 1. The summed E-state index contributed by atoms with van der Waals surface area (Å²) < 4.78 is 14.7. The SMILES string of the molecule is O=C(Nc1nn(Cc2ccc(F)cc2)cc1Cl)NC12CC3CC(CC(C3)C1)C2. The van der Waals surface area contributed by atoms with Gasteiger partial charge in [-0.2, -0.15) is 5.10 Å². The van der Waals surface area contributed by atoms with Gasteiger partial charge in [0.05, 0.1) is 6.54 Å². The van der Waals surface area contributed by atoms with Gasteiger partial charge in [-0.05, 0) is 74.0 Å². The fraction of sp³-hybridized carbons (Fsp3) is 0.524. The fourth-order valence-electron chi connectivity index (χ4n) is 5.98. The number of hydrogen-bond acceptors (Lipinski definition) is 2. The van der Waals surface area contributed by atoms with Gasteiger partial charge in [0.1, 0.15) is 10.8 Å². The van der Waals surface area contributed by atoms with E-state index in [-0.39, 0.29) is 17.4 Å². The monoisotopic (exact) mass is 402 g/mol. The molecule has 4 bridgehead atoms. The van der Waals surface area contributed by atoms with Gasteiger partial charge in [-0.3, -0.25) is 10.00 Å². The molecule has 148 valence electrons. The molecule has 2 amide bonds. The highest BCUT2D eigenvalue weighted by molar-refractivity contribution is 6.33. The van der Waals surface area contributed by atoms with E-state index in [9.17, 15) is 9.18 Å². The lowest BCUT2D eigenvalue weighted by atomic mass is 9.53. The summed E-state index contributed by atoms with van der Waals surface area (Å²) in [6.07, 6.45) is 8.97. The van der Waals surface area contributed by atoms with Gasteiger partial charge in [0.2, 0.25) is 0 Å². The van der Waals surface area contributed by atoms with Crippen molar-refractivity contribution in [1.29, 1.82) is 0 Å². The van der Waals surface area contributed by atoms with Crippen LogP contribution in [0, 0.1) is 23.6 Å². The molecule has 4 aliphatic rings. The second kappa shape index (κ2) is 6.76. The summed E-state index contributed by atoms with van der Waals surface area (Å²) in [5, 5.41) is 10.9. The number of hydrogen-bond donors (Lipinski definition) is 2. The zero-order valence-electron chi connectivity index (χ0n) is 15.6. The van der Waals surface area contributed by atoms with E-state index in [4.69, 9.17) is 11.6 Å². The number of benzene rings is 1. The number of nitrogens with zero attached hydrogens (tertiary/aromatic N) is 2. The lowest BCUT2D eigenvalue weighted by molar-refractivity contribution is -0.0127. The van der Waals surface area contributed by atoms with Crippen molar-refractivity contribution in [3.8, 4) is 0 Å². The maximum Gasteiger partial charge on any atom is 0.320 e. The van der Waals surface area contributed by atoms with Crippen LogP contribution in [-0.4, -0.2) is 21.4 Å². The average molecular weight is 403 g/mol. The summed E-state index contributed by atoms with van der Waals surface area (Å²) >= 11 is 6.27. The Morgan fingerprint density at radius 3 is 2.36 bits per heavy atom. The van der Waals surface area contributed by atoms with Crippen LogP contribution in [0.3, 0.4) is 0 Å². The minimum Gasteiger partial charge on any atom is -0.332 e. The summed E-state index contributed by atoms with van der Waals surface area (Å²) in [7, 11) is 0. The highest BCUT2D eigenvalue weighted by Crippen LogP contribution is 2.55. The van der Waals surface area contributed by atoms with Crippen LogP contribution in [0.15, 0.2) is 30.5 Å². The quantitative estimate of drug-likeness (QED) is 0.770. The highest BCUT2D eigenvalue weighted by Gasteiger charge is 2.51. The van der Waals surface area contributed by atoms with E-state index in [2.05, 4.69) is 15.7 Å². The molecule has 2 N–H and O–H groups in total. The second-order valence-electron chi connectivity index (χ2n) is 8.93. The number of aromatic nitrogens is 2. The second-order valence-corrected chi connectivity index (χ2v) is 9.33. The van der Waals surface area contributed by atoms with Crippen molar-refractivity contribution in [2.24, 2.45) is 17.8 Å². The Hall–Kier alpha value is -2.08. The van der Waals surface area contributed by atoms with Crippen molar-refractivity contribution < 1.29 is 9.18 Å². The normalized spacial score (nSPS) is 30.4.